The maximum atomic E-state index is 5.64. The first-order valence-corrected chi connectivity index (χ1v) is 4.70. The zero-order valence-electron chi connectivity index (χ0n) is 8.57. The zero-order chi connectivity index (χ0) is 10.4. The highest BCUT2D eigenvalue weighted by molar-refractivity contribution is 5.78. The highest BCUT2D eigenvalue weighted by Gasteiger charge is 2.04. The van der Waals surface area contributed by atoms with Crippen LogP contribution in [0.2, 0.25) is 0 Å². The van der Waals surface area contributed by atoms with Crippen molar-refractivity contribution >= 4 is 5.96 Å². The van der Waals surface area contributed by atoms with Gasteiger partial charge in [-0.3, -0.25) is 9.98 Å². The summed E-state index contributed by atoms with van der Waals surface area (Å²) in [5, 5.41) is 3.08. The van der Waals surface area contributed by atoms with Gasteiger partial charge in [-0.25, -0.2) is 0 Å². The molecule has 1 atom stereocenters. The number of aromatic nitrogens is 1. The van der Waals surface area contributed by atoms with Gasteiger partial charge in [-0.15, -0.1) is 0 Å². The van der Waals surface area contributed by atoms with E-state index in [4.69, 9.17) is 5.73 Å². The van der Waals surface area contributed by atoms with Crippen molar-refractivity contribution in [2.24, 2.45) is 10.7 Å². The Morgan fingerprint density at radius 1 is 1.71 bits per heavy atom. The van der Waals surface area contributed by atoms with Crippen LogP contribution < -0.4 is 11.1 Å². The van der Waals surface area contributed by atoms with E-state index in [2.05, 4.69) is 15.3 Å². The third-order valence-electron chi connectivity index (χ3n) is 1.88. The highest BCUT2D eigenvalue weighted by atomic mass is 15.1. The zero-order valence-corrected chi connectivity index (χ0v) is 8.57. The number of nitrogens with two attached hydrogens (primary N) is 1. The Bertz CT molecular complexity index is 294. The van der Waals surface area contributed by atoms with Gasteiger partial charge in [-0.05, 0) is 25.5 Å². The molecule has 0 bridgehead atoms. The fourth-order valence-electron chi connectivity index (χ4n) is 1.15. The number of nitrogens with zero attached hydrogens (tertiary/aromatic N) is 2. The van der Waals surface area contributed by atoms with Gasteiger partial charge in [0.05, 0.1) is 6.04 Å². The number of guanidine groups is 1. The molecule has 0 fully saturated rings. The minimum Gasteiger partial charge on any atom is -0.370 e. The first-order chi connectivity index (χ1) is 6.74. The molecule has 1 aromatic rings. The summed E-state index contributed by atoms with van der Waals surface area (Å²) in [6.07, 6.45) is 3.57. The Morgan fingerprint density at radius 3 is 3.07 bits per heavy atom. The summed E-state index contributed by atoms with van der Waals surface area (Å²) in [6, 6.07) is 4.05. The van der Waals surface area contributed by atoms with Crippen molar-refractivity contribution in [3.8, 4) is 0 Å². The number of nitrogens with one attached hydrogen (secondary N) is 1. The van der Waals surface area contributed by atoms with Crippen molar-refractivity contribution in [2.75, 3.05) is 6.54 Å². The van der Waals surface area contributed by atoms with Gasteiger partial charge in [-0.2, -0.15) is 0 Å². The molecule has 76 valence electrons. The average Bonchev–Trinajstić information content (AvgIpc) is 2.19. The Morgan fingerprint density at radius 2 is 2.50 bits per heavy atom. The van der Waals surface area contributed by atoms with E-state index in [0.717, 1.165) is 5.56 Å². The highest BCUT2D eigenvalue weighted by Crippen LogP contribution is 2.08. The molecule has 0 spiro atoms. The van der Waals surface area contributed by atoms with E-state index in [1.165, 1.54) is 0 Å². The van der Waals surface area contributed by atoms with Crippen LogP contribution in [0.25, 0.3) is 0 Å². The van der Waals surface area contributed by atoms with E-state index in [9.17, 15) is 0 Å². The van der Waals surface area contributed by atoms with Crippen molar-refractivity contribution in [2.45, 2.75) is 19.9 Å². The third kappa shape index (κ3) is 3.05. The Balaban J connectivity index is 2.59. The van der Waals surface area contributed by atoms with Gasteiger partial charge in [0.25, 0.3) is 0 Å². The normalized spacial score (nSPS) is 13.7. The van der Waals surface area contributed by atoms with Crippen molar-refractivity contribution < 1.29 is 0 Å². The van der Waals surface area contributed by atoms with Gasteiger partial charge >= 0.3 is 0 Å². The van der Waals surface area contributed by atoms with Crippen LogP contribution in [0, 0.1) is 0 Å². The van der Waals surface area contributed by atoms with Crippen molar-refractivity contribution in [3.05, 3.63) is 30.1 Å². The SMILES string of the molecule is CCN=C(N)NC(C)c1cccnc1. The largest absolute Gasteiger partial charge is 0.370 e. The number of rotatable bonds is 3. The monoisotopic (exact) mass is 192 g/mol. The topological polar surface area (TPSA) is 63.3 Å². The average molecular weight is 192 g/mol. The van der Waals surface area contributed by atoms with Crippen LogP contribution in [-0.2, 0) is 0 Å². The van der Waals surface area contributed by atoms with E-state index >= 15 is 0 Å². The van der Waals surface area contributed by atoms with Crippen LogP contribution in [0.15, 0.2) is 29.5 Å². The van der Waals surface area contributed by atoms with Crippen LogP contribution in [0.3, 0.4) is 0 Å². The lowest BCUT2D eigenvalue weighted by molar-refractivity contribution is 0.705. The number of hydrogen-bond donors (Lipinski definition) is 2. The summed E-state index contributed by atoms with van der Waals surface area (Å²) in [6.45, 7) is 4.66. The molecular weight excluding hydrogens is 176 g/mol. The second-order valence-electron chi connectivity index (χ2n) is 3.01. The molecular formula is C10H16N4. The lowest BCUT2D eigenvalue weighted by Gasteiger charge is -2.13. The predicted octanol–water partition coefficient (Wildman–Crippen LogP) is 1.07. The molecule has 4 nitrogen and oxygen atoms in total. The molecule has 0 saturated heterocycles. The van der Waals surface area contributed by atoms with Crippen LogP contribution in [0.5, 0.6) is 0 Å². The Hall–Kier alpha value is -1.58. The number of hydrogen-bond acceptors (Lipinski definition) is 2. The quantitative estimate of drug-likeness (QED) is 0.556. The van der Waals surface area contributed by atoms with Crippen LogP contribution >= 0.6 is 0 Å². The molecule has 0 saturated carbocycles. The third-order valence-corrected chi connectivity index (χ3v) is 1.88. The summed E-state index contributed by atoms with van der Waals surface area (Å²) in [5.74, 6) is 0.476. The lowest BCUT2D eigenvalue weighted by atomic mass is 10.1. The van der Waals surface area contributed by atoms with E-state index in [-0.39, 0.29) is 6.04 Å². The molecule has 1 aromatic heterocycles. The number of aliphatic imine (C=N–C) groups is 1. The molecule has 0 aliphatic carbocycles. The second-order valence-corrected chi connectivity index (χ2v) is 3.01. The molecule has 0 aliphatic rings. The molecule has 0 radical (unpaired) electrons. The van der Waals surface area contributed by atoms with Crippen LogP contribution in [0.4, 0.5) is 0 Å². The molecule has 1 heterocycles. The van der Waals surface area contributed by atoms with Crippen molar-refractivity contribution in [1.82, 2.24) is 10.3 Å². The molecule has 1 rings (SSSR count). The van der Waals surface area contributed by atoms with Crippen molar-refractivity contribution in [1.29, 1.82) is 0 Å². The van der Waals surface area contributed by atoms with Gasteiger partial charge in [0.2, 0.25) is 0 Å². The molecule has 3 N–H and O–H groups in total. The minimum atomic E-state index is 0.138. The fourth-order valence-corrected chi connectivity index (χ4v) is 1.15. The van der Waals surface area contributed by atoms with E-state index in [0.29, 0.717) is 12.5 Å². The standard InChI is InChI=1S/C10H16N4/c1-3-13-10(11)14-8(2)9-5-4-6-12-7-9/h4-8H,3H2,1-2H3,(H3,11,13,14). The Labute approximate surface area is 84.3 Å². The molecule has 1 unspecified atom stereocenters. The minimum absolute atomic E-state index is 0.138. The van der Waals surface area contributed by atoms with E-state index in [1.54, 1.807) is 6.20 Å². The van der Waals surface area contributed by atoms with Gasteiger partial charge in [-0.1, -0.05) is 6.07 Å². The molecule has 0 aliphatic heterocycles. The fraction of sp³-hybridized carbons (Fsp3) is 0.400. The van der Waals surface area contributed by atoms with Crippen LogP contribution in [0.1, 0.15) is 25.5 Å². The van der Waals surface area contributed by atoms with Crippen LogP contribution in [-0.4, -0.2) is 17.5 Å². The van der Waals surface area contributed by atoms with Crippen molar-refractivity contribution in [3.63, 3.8) is 0 Å². The predicted molar refractivity (Wildman–Crippen MR) is 58.0 cm³/mol. The van der Waals surface area contributed by atoms with Gasteiger partial charge in [0, 0.05) is 18.9 Å². The molecule has 14 heavy (non-hydrogen) atoms. The smallest absolute Gasteiger partial charge is 0.189 e. The summed E-state index contributed by atoms with van der Waals surface area (Å²) in [4.78, 5) is 8.09. The van der Waals surface area contributed by atoms with Gasteiger partial charge in [0.15, 0.2) is 5.96 Å². The first-order valence-electron chi connectivity index (χ1n) is 4.70. The summed E-state index contributed by atoms with van der Waals surface area (Å²) in [5.41, 5.74) is 6.74. The lowest BCUT2D eigenvalue weighted by Crippen LogP contribution is -2.33. The molecule has 4 heteroatoms. The Kier molecular flexibility index (Phi) is 3.91. The van der Waals surface area contributed by atoms with Gasteiger partial charge in [0.1, 0.15) is 0 Å². The van der Waals surface area contributed by atoms with E-state index < -0.39 is 0 Å². The van der Waals surface area contributed by atoms with Gasteiger partial charge < -0.3 is 11.1 Å². The molecule has 0 amide bonds. The maximum absolute atomic E-state index is 5.64. The summed E-state index contributed by atoms with van der Waals surface area (Å²) < 4.78 is 0. The van der Waals surface area contributed by atoms with E-state index in [1.807, 2.05) is 32.2 Å². The summed E-state index contributed by atoms with van der Waals surface area (Å²) >= 11 is 0. The first kappa shape index (κ1) is 10.5. The molecule has 0 aromatic carbocycles. The summed E-state index contributed by atoms with van der Waals surface area (Å²) in [7, 11) is 0. The number of pyridine rings is 1. The second kappa shape index (κ2) is 5.21. The maximum Gasteiger partial charge on any atom is 0.189 e.